The summed E-state index contributed by atoms with van der Waals surface area (Å²) in [5, 5.41) is 3.39. The second-order valence-electron chi connectivity index (χ2n) is 7.91. The molecule has 0 saturated carbocycles. The molecule has 5 nitrogen and oxygen atoms in total. The van der Waals surface area contributed by atoms with Crippen LogP contribution in [0.15, 0.2) is 77.7 Å². The Hall–Kier alpha value is -2.54. The van der Waals surface area contributed by atoms with Crippen LogP contribution in [-0.4, -0.2) is 26.9 Å². The zero-order chi connectivity index (χ0) is 24.0. The number of halogens is 2. The molecule has 0 aliphatic heterocycles. The van der Waals surface area contributed by atoms with Crippen molar-refractivity contribution in [3.8, 4) is 0 Å². The Morgan fingerprint density at radius 1 is 1.00 bits per heavy atom. The maximum atomic E-state index is 13.5. The Kier molecular flexibility index (Phi) is 8.40. The summed E-state index contributed by atoms with van der Waals surface area (Å²) in [5.41, 5.74) is 2.25. The lowest BCUT2D eigenvalue weighted by molar-refractivity contribution is -0.120. The van der Waals surface area contributed by atoms with Crippen molar-refractivity contribution in [1.82, 2.24) is 5.32 Å². The van der Waals surface area contributed by atoms with Crippen molar-refractivity contribution in [2.24, 2.45) is 0 Å². The van der Waals surface area contributed by atoms with Crippen LogP contribution in [0.2, 0.25) is 10.0 Å². The molecule has 0 aliphatic rings. The summed E-state index contributed by atoms with van der Waals surface area (Å²) in [4.78, 5) is 12.9. The number of hydrogen-bond acceptors (Lipinski definition) is 3. The fraction of sp³-hybridized carbons (Fsp3) is 0.240. The fourth-order valence-corrected chi connectivity index (χ4v) is 5.23. The summed E-state index contributed by atoms with van der Waals surface area (Å²) in [6.45, 7) is 3.34. The Morgan fingerprint density at radius 3 is 2.33 bits per heavy atom. The molecule has 1 amide bonds. The molecular formula is C25H26Cl2N2O3S. The molecule has 0 unspecified atom stereocenters. The number of nitrogens with one attached hydrogen (secondary N) is 1. The molecule has 8 heteroatoms. The molecule has 0 radical (unpaired) electrons. The minimum atomic E-state index is -4.07. The van der Waals surface area contributed by atoms with Crippen molar-refractivity contribution in [2.75, 3.05) is 10.8 Å². The summed E-state index contributed by atoms with van der Waals surface area (Å²) in [7, 11) is -4.07. The van der Waals surface area contributed by atoms with Crippen molar-refractivity contribution in [3.63, 3.8) is 0 Å². The standard InChI is InChI=1S/C25H26Cl2N2O3S/c1-18-8-13-22(14-9-18)33(31,32)29(24-16-21(26)12-15-23(24)27)17-25(30)28-19(2)10-11-20-6-4-3-5-7-20/h3-9,12-16,19H,10-11,17H2,1-2H3,(H,28,30)/t19-/m1/s1. The molecule has 0 bridgehead atoms. The van der Waals surface area contributed by atoms with E-state index < -0.39 is 22.5 Å². The van der Waals surface area contributed by atoms with Gasteiger partial charge in [0.25, 0.3) is 10.0 Å². The molecule has 0 saturated heterocycles. The summed E-state index contributed by atoms with van der Waals surface area (Å²) < 4.78 is 28.0. The molecule has 0 fully saturated rings. The van der Waals surface area contributed by atoms with E-state index in [1.807, 2.05) is 44.2 Å². The van der Waals surface area contributed by atoms with Crippen molar-refractivity contribution < 1.29 is 13.2 Å². The van der Waals surface area contributed by atoms with E-state index in [1.165, 1.54) is 29.8 Å². The first-order valence-electron chi connectivity index (χ1n) is 10.5. The number of anilines is 1. The second-order valence-corrected chi connectivity index (χ2v) is 10.6. The van der Waals surface area contributed by atoms with Gasteiger partial charge in [0.1, 0.15) is 6.54 Å². The fourth-order valence-electron chi connectivity index (χ4n) is 3.36. The van der Waals surface area contributed by atoms with Gasteiger partial charge in [-0.1, -0.05) is 71.2 Å². The monoisotopic (exact) mass is 504 g/mol. The Bertz CT molecular complexity index is 1200. The van der Waals surface area contributed by atoms with E-state index in [2.05, 4.69) is 5.32 Å². The van der Waals surface area contributed by atoms with Crippen LogP contribution < -0.4 is 9.62 Å². The Balaban J connectivity index is 1.81. The topological polar surface area (TPSA) is 66.5 Å². The van der Waals surface area contributed by atoms with Gasteiger partial charge in [0.2, 0.25) is 5.91 Å². The van der Waals surface area contributed by atoms with E-state index in [0.29, 0.717) is 5.02 Å². The number of benzene rings is 3. The highest BCUT2D eigenvalue weighted by atomic mass is 35.5. The quantitative estimate of drug-likeness (QED) is 0.410. The van der Waals surface area contributed by atoms with Gasteiger partial charge in [-0.25, -0.2) is 8.42 Å². The van der Waals surface area contributed by atoms with Gasteiger partial charge in [-0.15, -0.1) is 0 Å². The van der Waals surface area contributed by atoms with E-state index in [1.54, 1.807) is 18.2 Å². The maximum absolute atomic E-state index is 13.5. The van der Waals surface area contributed by atoms with Crippen LogP contribution in [0.5, 0.6) is 0 Å². The number of rotatable bonds is 9. The molecule has 3 rings (SSSR count). The third-order valence-electron chi connectivity index (χ3n) is 5.19. The summed E-state index contributed by atoms with van der Waals surface area (Å²) in [6.07, 6.45) is 1.52. The molecule has 0 aromatic heterocycles. The number of aryl methyl sites for hydroxylation is 2. The molecule has 0 aliphatic carbocycles. The van der Waals surface area contributed by atoms with Crippen molar-refractivity contribution in [2.45, 2.75) is 37.6 Å². The average Bonchev–Trinajstić information content (AvgIpc) is 2.79. The summed E-state index contributed by atoms with van der Waals surface area (Å²) in [6, 6.07) is 20.8. The van der Waals surface area contributed by atoms with E-state index in [9.17, 15) is 13.2 Å². The predicted molar refractivity (Wildman–Crippen MR) is 135 cm³/mol. The maximum Gasteiger partial charge on any atom is 0.264 e. The minimum absolute atomic E-state index is 0.0640. The van der Waals surface area contributed by atoms with Crippen LogP contribution in [0.25, 0.3) is 0 Å². The zero-order valence-electron chi connectivity index (χ0n) is 18.5. The minimum Gasteiger partial charge on any atom is -0.352 e. The first kappa shape index (κ1) is 25.1. The third kappa shape index (κ3) is 6.73. The molecule has 1 atom stereocenters. The van der Waals surface area contributed by atoms with Crippen molar-refractivity contribution >= 4 is 44.8 Å². The van der Waals surface area contributed by atoms with Gasteiger partial charge < -0.3 is 5.32 Å². The molecule has 0 heterocycles. The Morgan fingerprint density at radius 2 is 1.67 bits per heavy atom. The van der Waals surface area contributed by atoms with Crippen LogP contribution in [0.3, 0.4) is 0 Å². The number of amides is 1. The van der Waals surface area contributed by atoms with Crippen LogP contribution >= 0.6 is 23.2 Å². The number of hydrogen-bond donors (Lipinski definition) is 1. The summed E-state index contributed by atoms with van der Waals surface area (Å²) >= 11 is 12.4. The molecule has 1 N–H and O–H groups in total. The van der Waals surface area contributed by atoms with Gasteiger partial charge in [0.05, 0.1) is 15.6 Å². The lowest BCUT2D eigenvalue weighted by Gasteiger charge is -2.26. The molecular weight excluding hydrogens is 479 g/mol. The van der Waals surface area contributed by atoms with Gasteiger partial charge in [0, 0.05) is 11.1 Å². The average molecular weight is 505 g/mol. The van der Waals surface area contributed by atoms with Gasteiger partial charge in [-0.05, 0) is 62.6 Å². The Labute approximate surface area is 205 Å². The largest absolute Gasteiger partial charge is 0.352 e. The number of sulfonamides is 1. The highest BCUT2D eigenvalue weighted by molar-refractivity contribution is 7.92. The highest BCUT2D eigenvalue weighted by Crippen LogP contribution is 2.33. The lowest BCUT2D eigenvalue weighted by atomic mass is 10.1. The number of carbonyl (C=O) groups is 1. The van der Waals surface area contributed by atoms with Crippen LogP contribution in [0.1, 0.15) is 24.5 Å². The summed E-state index contributed by atoms with van der Waals surface area (Å²) in [5.74, 6) is -0.428. The molecule has 3 aromatic carbocycles. The van der Waals surface area contributed by atoms with Crippen molar-refractivity contribution in [3.05, 3.63) is 94.0 Å². The predicted octanol–water partition coefficient (Wildman–Crippen LogP) is 5.63. The number of nitrogens with zero attached hydrogens (tertiary/aromatic N) is 1. The third-order valence-corrected chi connectivity index (χ3v) is 7.52. The lowest BCUT2D eigenvalue weighted by Crippen LogP contribution is -2.43. The normalized spacial score (nSPS) is 12.2. The van der Waals surface area contributed by atoms with Crippen LogP contribution in [0, 0.1) is 6.92 Å². The second kappa shape index (κ2) is 11.1. The molecule has 174 valence electrons. The van der Waals surface area contributed by atoms with Gasteiger partial charge >= 0.3 is 0 Å². The van der Waals surface area contributed by atoms with E-state index in [4.69, 9.17) is 23.2 Å². The molecule has 33 heavy (non-hydrogen) atoms. The van der Waals surface area contributed by atoms with Gasteiger partial charge in [-0.2, -0.15) is 0 Å². The van der Waals surface area contributed by atoms with Crippen molar-refractivity contribution in [1.29, 1.82) is 0 Å². The first-order valence-corrected chi connectivity index (χ1v) is 12.7. The first-order chi connectivity index (χ1) is 15.7. The van der Waals surface area contributed by atoms with Gasteiger partial charge in [0.15, 0.2) is 0 Å². The zero-order valence-corrected chi connectivity index (χ0v) is 20.8. The van der Waals surface area contributed by atoms with Crippen LogP contribution in [0.4, 0.5) is 5.69 Å². The smallest absolute Gasteiger partial charge is 0.264 e. The number of carbonyl (C=O) groups excluding carboxylic acids is 1. The van der Waals surface area contributed by atoms with E-state index >= 15 is 0 Å². The van der Waals surface area contributed by atoms with E-state index in [-0.39, 0.29) is 21.6 Å². The SMILES string of the molecule is Cc1ccc(S(=O)(=O)N(CC(=O)N[C@H](C)CCc2ccccc2)c2cc(Cl)ccc2Cl)cc1. The van der Waals surface area contributed by atoms with E-state index in [0.717, 1.165) is 22.7 Å². The highest BCUT2D eigenvalue weighted by Gasteiger charge is 2.29. The molecule has 0 spiro atoms. The van der Waals surface area contributed by atoms with Gasteiger partial charge in [-0.3, -0.25) is 9.10 Å². The molecule has 3 aromatic rings. The van der Waals surface area contributed by atoms with Crippen LogP contribution in [-0.2, 0) is 21.2 Å².